The summed E-state index contributed by atoms with van der Waals surface area (Å²) in [5, 5.41) is 14.1. The van der Waals surface area contributed by atoms with Gasteiger partial charge in [-0.1, -0.05) is 18.6 Å². The summed E-state index contributed by atoms with van der Waals surface area (Å²) in [6.45, 7) is 4.75. The lowest BCUT2D eigenvalue weighted by Crippen LogP contribution is -2.37. The van der Waals surface area contributed by atoms with Crippen molar-refractivity contribution in [3.8, 4) is 5.69 Å². The van der Waals surface area contributed by atoms with E-state index in [1.165, 1.54) is 19.3 Å². The highest BCUT2D eigenvalue weighted by molar-refractivity contribution is 5.98. The first-order valence-electron chi connectivity index (χ1n) is 9.98. The van der Waals surface area contributed by atoms with Crippen LogP contribution in [0.5, 0.6) is 0 Å². The largest absolute Gasteiger partial charge is 0.396 e. The maximum absolute atomic E-state index is 13.3. The Balaban J connectivity index is 1.50. The molecule has 3 heterocycles. The van der Waals surface area contributed by atoms with Gasteiger partial charge in [-0.25, -0.2) is 4.68 Å². The number of piperidine rings is 1. The number of carbonyl (C=O) groups is 1. The Hall–Kier alpha value is -2.18. The number of likely N-dealkylation sites (tertiary alicyclic amines) is 2. The number of aromatic nitrogens is 2. The number of nitrogens with zero attached hydrogens (tertiary/aromatic N) is 4. The fraction of sp³-hybridized carbons (Fsp3) is 0.524. The zero-order chi connectivity index (χ0) is 18.6. The summed E-state index contributed by atoms with van der Waals surface area (Å²) in [6, 6.07) is 9.46. The number of amides is 1. The van der Waals surface area contributed by atoms with Gasteiger partial charge in [0, 0.05) is 44.6 Å². The van der Waals surface area contributed by atoms with Gasteiger partial charge in [-0.15, -0.1) is 0 Å². The fourth-order valence-electron chi connectivity index (χ4n) is 4.43. The highest BCUT2D eigenvalue weighted by Crippen LogP contribution is 2.28. The quantitative estimate of drug-likeness (QED) is 0.877. The van der Waals surface area contributed by atoms with E-state index < -0.39 is 0 Å². The summed E-state index contributed by atoms with van der Waals surface area (Å²) >= 11 is 0. The van der Waals surface area contributed by atoms with Gasteiger partial charge in [0.1, 0.15) is 0 Å². The average Bonchev–Trinajstić information content (AvgIpc) is 3.38. The molecule has 2 fully saturated rings. The molecule has 0 aliphatic carbocycles. The predicted octanol–water partition coefficient (Wildman–Crippen LogP) is 2.04. The zero-order valence-corrected chi connectivity index (χ0v) is 15.7. The zero-order valence-electron chi connectivity index (χ0n) is 15.7. The van der Waals surface area contributed by atoms with Gasteiger partial charge >= 0.3 is 0 Å². The molecule has 0 unspecified atom stereocenters. The SMILES string of the molecule is O=C(c1ccccc1-n1cccn1)N1C[C@@H](CN2CCCCC2)[C@@H](CO)C1. The first kappa shape index (κ1) is 18.2. The van der Waals surface area contributed by atoms with E-state index in [0.29, 0.717) is 24.6 Å². The van der Waals surface area contributed by atoms with Gasteiger partial charge in [0.2, 0.25) is 0 Å². The molecule has 0 saturated carbocycles. The number of aliphatic hydroxyl groups is 1. The first-order valence-corrected chi connectivity index (χ1v) is 9.98. The molecule has 144 valence electrons. The molecule has 2 aliphatic rings. The molecule has 1 N–H and O–H groups in total. The molecular weight excluding hydrogens is 340 g/mol. The molecule has 4 rings (SSSR count). The summed E-state index contributed by atoms with van der Waals surface area (Å²) in [7, 11) is 0. The van der Waals surface area contributed by atoms with Crippen molar-refractivity contribution in [1.82, 2.24) is 19.6 Å². The minimum Gasteiger partial charge on any atom is -0.396 e. The van der Waals surface area contributed by atoms with E-state index >= 15 is 0 Å². The fourth-order valence-corrected chi connectivity index (χ4v) is 4.43. The third-order valence-corrected chi connectivity index (χ3v) is 5.93. The maximum atomic E-state index is 13.3. The molecule has 2 aromatic rings. The van der Waals surface area contributed by atoms with E-state index in [-0.39, 0.29) is 18.4 Å². The minimum atomic E-state index is 0.0284. The van der Waals surface area contributed by atoms with E-state index in [9.17, 15) is 9.90 Å². The first-order chi connectivity index (χ1) is 13.3. The summed E-state index contributed by atoms with van der Waals surface area (Å²) in [4.78, 5) is 17.7. The van der Waals surface area contributed by atoms with Crippen molar-refractivity contribution in [3.05, 3.63) is 48.3 Å². The van der Waals surface area contributed by atoms with Gasteiger partial charge in [-0.2, -0.15) is 5.10 Å². The normalized spacial score (nSPS) is 23.7. The summed E-state index contributed by atoms with van der Waals surface area (Å²) in [6.07, 6.45) is 7.41. The molecule has 0 spiro atoms. The molecule has 6 nitrogen and oxygen atoms in total. The Bertz CT molecular complexity index is 755. The van der Waals surface area contributed by atoms with Gasteiger partial charge in [0.25, 0.3) is 5.91 Å². The summed E-state index contributed by atoms with van der Waals surface area (Å²) in [5.41, 5.74) is 1.46. The van der Waals surface area contributed by atoms with Gasteiger partial charge in [-0.3, -0.25) is 4.79 Å². The Morgan fingerprint density at radius 1 is 1.07 bits per heavy atom. The van der Waals surface area contributed by atoms with Crippen LogP contribution in [0.15, 0.2) is 42.7 Å². The van der Waals surface area contributed by atoms with E-state index in [0.717, 1.165) is 25.3 Å². The molecule has 0 radical (unpaired) electrons. The van der Waals surface area contributed by atoms with Gasteiger partial charge < -0.3 is 14.9 Å². The van der Waals surface area contributed by atoms with Crippen LogP contribution < -0.4 is 0 Å². The molecule has 6 heteroatoms. The number of aliphatic hydroxyl groups excluding tert-OH is 1. The van der Waals surface area contributed by atoms with Crippen molar-refractivity contribution >= 4 is 5.91 Å². The Labute approximate surface area is 160 Å². The van der Waals surface area contributed by atoms with Crippen molar-refractivity contribution in [2.45, 2.75) is 19.3 Å². The minimum absolute atomic E-state index is 0.0284. The number of hydrogen-bond donors (Lipinski definition) is 1. The Morgan fingerprint density at radius 3 is 2.59 bits per heavy atom. The molecule has 2 atom stereocenters. The number of benzene rings is 1. The standard InChI is InChI=1S/C21H28N4O2/c26-16-18-15-24(14-17(18)13-23-10-4-1-5-11-23)21(27)19-7-2-3-8-20(19)25-12-6-9-22-25/h2-3,6-9,12,17-18,26H,1,4-5,10-11,13-16H2/t17-,18-/m1/s1. The van der Waals surface area contributed by atoms with Crippen molar-refractivity contribution in [1.29, 1.82) is 0 Å². The maximum Gasteiger partial charge on any atom is 0.256 e. The molecule has 2 aliphatic heterocycles. The molecule has 2 saturated heterocycles. The number of rotatable bonds is 5. The van der Waals surface area contributed by atoms with E-state index in [2.05, 4.69) is 10.00 Å². The molecule has 0 bridgehead atoms. The molecule has 27 heavy (non-hydrogen) atoms. The van der Waals surface area contributed by atoms with Gasteiger partial charge in [-0.05, 0) is 50.0 Å². The highest BCUT2D eigenvalue weighted by Gasteiger charge is 2.36. The second-order valence-corrected chi connectivity index (χ2v) is 7.74. The van der Waals surface area contributed by atoms with Crippen molar-refractivity contribution in [2.75, 3.05) is 39.3 Å². The van der Waals surface area contributed by atoms with Gasteiger partial charge in [0.15, 0.2) is 0 Å². The van der Waals surface area contributed by atoms with E-state index in [1.807, 2.05) is 41.4 Å². The third-order valence-electron chi connectivity index (χ3n) is 5.93. The van der Waals surface area contributed by atoms with Crippen molar-refractivity contribution < 1.29 is 9.90 Å². The smallest absolute Gasteiger partial charge is 0.256 e. The lowest BCUT2D eigenvalue weighted by Gasteiger charge is -2.30. The van der Waals surface area contributed by atoms with Crippen LogP contribution in [0.2, 0.25) is 0 Å². The predicted molar refractivity (Wildman–Crippen MR) is 104 cm³/mol. The van der Waals surface area contributed by atoms with Crippen LogP contribution in [-0.2, 0) is 0 Å². The van der Waals surface area contributed by atoms with Crippen LogP contribution in [0.4, 0.5) is 0 Å². The van der Waals surface area contributed by atoms with E-state index in [1.54, 1.807) is 10.9 Å². The van der Waals surface area contributed by atoms with Crippen molar-refractivity contribution in [2.24, 2.45) is 11.8 Å². The topological polar surface area (TPSA) is 61.6 Å². The van der Waals surface area contributed by atoms with Crippen LogP contribution in [0.1, 0.15) is 29.6 Å². The Morgan fingerprint density at radius 2 is 1.85 bits per heavy atom. The second kappa shape index (κ2) is 8.23. The molecule has 1 aromatic heterocycles. The number of carbonyl (C=O) groups excluding carboxylic acids is 1. The van der Waals surface area contributed by atoms with Crippen LogP contribution in [0, 0.1) is 11.8 Å². The Kier molecular flexibility index (Phi) is 5.55. The van der Waals surface area contributed by atoms with Crippen LogP contribution in [0.25, 0.3) is 5.69 Å². The van der Waals surface area contributed by atoms with Crippen LogP contribution in [-0.4, -0.2) is 69.9 Å². The average molecular weight is 368 g/mol. The monoisotopic (exact) mass is 368 g/mol. The number of para-hydroxylation sites is 1. The van der Waals surface area contributed by atoms with Crippen LogP contribution in [0.3, 0.4) is 0 Å². The molecular formula is C21H28N4O2. The highest BCUT2D eigenvalue weighted by atomic mass is 16.3. The lowest BCUT2D eigenvalue weighted by atomic mass is 9.95. The van der Waals surface area contributed by atoms with Crippen molar-refractivity contribution in [3.63, 3.8) is 0 Å². The third kappa shape index (κ3) is 3.92. The molecule has 1 amide bonds. The lowest BCUT2D eigenvalue weighted by molar-refractivity contribution is 0.0778. The summed E-state index contributed by atoms with van der Waals surface area (Å²) in [5.74, 6) is 0.530. The molecule has 1 aromatic carbocycles. The second-order valence-electron chi connectivity index (χ2n) is 7.74. The van der Waals surface area contributed by atoms with E-state index in [4.69, 9.17) is 0 Å². The summed E-state index contributed by atoms with van der Waals surface area (Å²) < 4.78 is 1.73. The van der Waals surface area contributed by atoms with Crippen LogP contribution >= 0.6 is 0 Å². The van der Waals surface area contributed by atoms with Gasteiger partial charge in [0.05, 0.1) is 11.3 Å². The number of hydrogen-bond acceptors (Lipinski definition) is 4.